The van der Waals surface area contributed by atoms with Crippen molar-refractivity contribution in [1.29, 1.82) is 0 Å². The largest absolute Gasteiger partial charge is 0.467 e. The highest BCUT2D eigenvalue weighted by Gasteiger charge is 2.26. The van der Waals surface area contributed by atoms with Crippen molar-refractivity contribution in [2.24, 2.45) is 0 Å². The van der Waals surface area contributed by atoms with Gasteiger partial charge in [0.25, 0.3) is 5.56 Å². The highest BCUT2D eigenvalue weighted by molar-refractivity contribution is 5.83. The monoisotopic (exact) mass is 482 g/mol. The van der Waals surface area contributed by atoms with Crippen LogP contribution in [0.25, 0.3) is 10.9 Å². The molecule has 0 aliphatic carbocycles. The van der Waals surface area contributed by atoms with Gasteiger partial charge in [0.2, 0.25) is 0 Å². The van der Waals surface area contributed by atoms with E-state index in [2.05, 4.69) is 63.5 Å². The Morgan fingerprint density at radius 2 is 1.89 bits per heavy atom. The molecule has 36 heavy (non-hydrogen) atoms. The summed E-state index contributed by atoms with van der Waals surface area (Å²) in [5, 5.41) is 13.6. The second kappa shape index (κ2) is 10.3. The van der Waals surface area contributed by atoms with E-state index in [0.717, 1.165) is 45.6 Å². The van der Waals surface area contributed by atoms with Crippen LogP contribution in [-0.2, 0) is 19.6 Å². The number of H-pyrrole nitrogens is 1. The highest BCUT2D eigenvalue weighted by atomic mass is 16.3. The lowest BCUT2D eigenvalue weighted by atomic mass is 10.0. The fourth-order valence-electron chi connectivity index (χ4n) is 4.72. The predicted molar refractivity (Wildman–Crippen MR) is 138 cm³/mol. The van der Waals surface area contributed by atoms with Gasteiger partial charge in [-0.25, -0.2) is 4.68 Å². The molecule has 0 aliphatic rings. The van der Waals surface area contributed by atoms with Gasteiger partial charge >= 0.3 is 0 Å². The lowest BCUT2D eigenvalue weighted by Crippen LogP contribution is -2.32. The maximum atomic E-state index is 13.2. The van der Waals surface area contributed by atoms with E-state index in [9.17, 15) is 4.79 Å². The van der Waals surface area contributed by atoms with Crippen LogP contribution >= 0.6 is 0 Å². The number of fused-ring (bicyclic) bond motifs is 1. The number of tetrazole rings is 1. The van der Waals surface area contributed by atoms with Crippen LogP contribution in [0.15, 0.2) is 76.1 Å². The Hall–Kier alpha value is -4.04. The van der Waals surface area contributed by atoms with Gasteiger partial charge in [0.1, 0.15) is 12.3 Å². The molecule has 0 aliphatic heterocycles. The molecule has 0 fully saturated rings. The van der Waals surface area contributed by atoms with Crippen molar-refractivity contribution in [2.45, 2.75) is 52.9 Å². The van der Waals surface area contributed by atoms with Crippen molar-refractivity contribution in [3.05, 3.63) is 111 Å². The molecule has 0 saturated heterocycles. The summed E-state index contributed by atoms with van der Waals surface area (Å²) in [6.45, 7) is 7.77. The van der Waals surface area contributed by atoms with Crippen LogP contribution in [0.2, 0.25) is 0 Å². The zero-order valence-electron chi connectivity index (χ0n) is 20.8. The van der Waals surface area contributed by atoms with Crippen molar-refractivity contribution in [2.75, 3.05) is 0 Å². The Morgan fingerprint density at radius 3 is 2.64 bits per heavy atom. The van der Waals surface area contributed by atoms with Gasteiger partial charge < -0.3 is 9.40 Å². The van der Waals surface area contributed by atoms with Gasteiger partial charge in [0, 0.05) is 18.7 Å². The van der Waals surface area contributed by atoms with Gasteiger partial charge in [-0.2, -0.15) is 0 Å². The molecular formula is C28H30N6O2. The number of nitrogens with one attached hydrogen (secondary N) is 1. The second-order valence-electron chi connectivity index (χ2n) is 9.18. The first-order chi connectivity index (χ1) is 17.5. The van der Waals surface area contributed by atoms with Gasteiger partial charge in [-0.3, -0.25) is 9.69 Å². The molecule has 0 bridgehead atoms. The van der Waals surface area contributed by atoms with E-state index in [4.69, 9.17) is 4.42 Å². The zero-order chi connectivity index (χ0) is 25.1. The van der Waals surface area contributed by atoms with Crippen LogP contribution < -0.4 is 5.56 Å². The number of aryl methyl sites for hydroxylation is 2. The molecule has 0 spiro atoms. The van der Waals surface area contributed by atoms with Crippen LogP contribution in [0.4, 0.5) is 0 Å². The summed E-state index contributed by atoms with van der Waals surface area (Å²) < 4.78 is 7.31. The van der Waals surface area contributed by atoms with Gasteiger partial charge in [-0.05, 0) is 71.0 Å². The molecule has 5 rings (SSSR count). The summed E-state index contributed by atoms with van der Waals surface area (Å²) in [5.41, 5.74) is 4.95. The summed E-state index contributed by atoms with van der Waals surface area (Å²) in [6.07, 6.45) is 2.42. The minimum Gasteiger partial charge on any atom is -0.467 e. The van der Waals surface area contributed by atoms with Crippen molar-refractivity contribution in [3.63, 3.8) is 0 Å². The first-order valence-electron chi connectivity index (χ1n) is 12.2. The van der Waals surface area contributed by atoms with Crippen LogP contribution in [0.1, 0.15) is 53.2 Å². The molecular weight excluding hydrogens is 452 g/mol. The maximum Gasteiger partial charge on any atom is 0.252 e. The average molecular weight is 483 g/mol. The minimum atomic E-state index is -0.106. The maximum absolute atomic E-state index is 13.2. The number of hydrogen-bond donors (Lipinski definition) is 1. The quantitative estimate of drug-likeness (QED) is 0.320. The van der Waals surface area contributed by atoms with Gasteiger partial charge in [0.05, 0.1) is 17.8 Å². The molecule has 0 unspecified atom stereocenters. The zero-order valence-corrected chi connectivity index (χ0v) is 20.8. The van der Waals surface area contributed by atoms with E-state index in [-0.39, 0.29) is 11.6 Å². The number of rotatable bonds is 9. The third-order valence-corrected chi connectivity index (χ3v) is 6.80. The number of aromatic nitrogens is 5. The Kier molecular flexibility index (Phi) is 6.77. The van der Waals surface area contributed by atoms with Crippen LogP contribution in [0.3, 0.4) is 0 Å². The molecule has 2 aromatic carbocycles. The number of benzene rings is 2. The Bertz CT molecular complexity index is 1500. The molecule has 0 saturated carbocycles. The second-order valence-corrected chi connectivity index (χ2v) is 9.18. The highest BCUT2D eigenvalue weighted by Crippen LogP contribution is 2.27. The molecule has 1 N–H and O–H groups in total. The Balaban J connectivity index is 1.53. The summed E-state index contributed by atoms with van der Waals surface area (Å²) in [7, 11) is 0. The number of nitrogens with zero attached hydrogens (tertiary/aromatic N) is 5. The molecule has 1 atom stereocenters. The van der Waals surface area contributed by atoms with Crippen LogP contribution in [-0.4, -0.2) is 30.1 Å². The Labute approximate surface area is 209 Å². The van der Waals surface area contributed by atoms with Crippen molar-refractivity contribution >= 4 is 10.9 Å². The minimum absolute atomic E-state index is 0.0701. The van der Waals surface area contributed by atoms with E-state index in [0.29, 0.717) is 25.2 Å². The first-order valence-corrected chi connectivity index (χ1v) is 12.2. The lowest BCUT2D eigenvalue weighted by molar-refractivity contribution is 0.161. The van der Waals surface area contributed by atoms with Crippen molar-refractivity contribution < 1.29 is 4.42 Å². The molecule has 3 heterocycles. The van der Waals surface area contributed by atoms with E-state index in [1.165, 1.54) is 0 Å². The number of furan rings is 1. The third-order valence-electron chi connectivity index (χ3n) is 6.80. The third kappa shape index (κ3) is 4.85. The molecule has 8 nitrogen and oxygen atoms in total. The van der Waals surface area contributed by atoms with Crippen molar-refractivity contribution in [1.82, 2.24) is 30.1 Å². The van der Waals surface area contributed by atoms with Gasteiger partial charge in [-0.15, -0.1) is 5.10 Å². The summed E-state index contributed by atoms with van der Waals surface area (Å²) in [5.74, 6) is 1.53. The molecule has 3 aromatic heterocycles. The van der Waals surface area contributed by atoms with E-state index < -0.39 is 0 Å². The lowest BCUT2D eigenvalue weighted by Gasteiger charge is -2.30. The van der Waals surface area contributed by atoms with E-state index >= 15 is 0 Å². The molecule has 0 radical (unpaired) electrons. The molecule has 0 amide bonds. The Morgan fingerprint density at radius 1 is 1.06 bits per heavy atom. The molecule has 8 heteroatoms. The standard InChI is InChI=1S/C28H30N6O2/c1-4-25(27-30-31-32-34(27)18-24-11-8-14-36-24)33(16-21-9-6-5-7-10-21)17-23-15-22-13-12-19(2)20(3)26(22)29-28(23)35/h5-15,25H,4,16-18H2,1-3H3,(H,29,35)/t25-/m1/s1. The van der Waals surface area contributed by atoms with Gasteiger partial charge in [-0.1, -0.05) is 49.4 Å². The molecule has 184 valence electrons. The number of hydrogen-bond acceptors (Lipinski definition) is 6. The number of pyridine rings is 1. The van der Waals surface area contributed by atoms with Gasteiger partial charge in [0.15, 0.2) is 5.82 Å². The fourth-order valence-corrected chi connectivity index (χ4v) is 4.72. The molecule has 5 aromatic rings. The van der Waals surface area contributed by atoms with E-state index in [1.54, 1.807) is 10.9 Å². The van der Waals surface area contributed by atoms with Crippen LogP contribution in [0.5, 0.6) is 0 Å². The summed E-state index contributed by atoms with van der Waals surface area (Å²) >= 11 is 0. The van der Waals surface area contributed by atoms with Crippen molar-refractivity contribution in [3.8, 4) is 0 Å². The fraction of sp³-hybridized carbons (Fsp3) is 0.286. The summed E-state index contributed by atoms with van der Waals surface area (Å²) in [6, 6.07) is 20.1. The smallest absolute Gasteiger partial charge is 0.252 e. The SMILES string of the molecule is CC[C@H](c1nnnn1Cc1ccco1)N(Cc1ccccc1)Cc1cc2ccc(C)c(C)c2[nH]c1=O. The first kappa shape index (κ1) is 23.7. The van der Waals surface area contributed by atoms with E-state index in [1.807, 2.05) is 43.3 Å². The summed E-state index contributed by atoms with van der Waals surface area (Å²) in [4.78, 5) is 18.6. The number of aromatic amines is 1. The normalized spacial score (nSPS) is 12.4. The topological polar surface area (TPSA) is 92.8 Å². The van der Waals surface area contributed by atoms with Crippen LogP contribution in [0, 0.1) is 13.8 Å². The average Bonchev–Trinajstić information content (AvgIpc) is 3.57. The predicted octanol–water partition coefficient (Wildman–Crippen LogP) is 4.93.